The summed E-state index contributed by atoms with van der Waals surface area (Å²) in [6.45, 7) is 4.75. The Labute approximate surface area is 129 Å². The third-order valence-corrected chi connectivity index (χ3v) is 3.81. The SMILES string of the molecule is Cc1ccc2c(c1)nc(C(C)N)n2Cc1cccc(Cl)c1. The van der Waals surface area contributed by atoms with Gasteiger partial charge in [0.25, 0.3) is 0 Å². The third-order valence-electron chi connectivity index (χ3n) is 3.57. The van der Waals surface area contributed by atoms with Gasteiger partial charge in [0.15, 0.2) is 0 Å². The number of nitrogens with zero attached hydrogens (tertiary/aromatic N) is 2. The maximum absolute atomic E-state index is 6.09. The van der Waals surface area contributed by atoms with Crippen LogP contribution < -0.4 is 5.73 Å². The van der Waals surface area contributed by atoms with Gasteiger partial charge in [0.05, 0.1) is 17.1 Å². The van der Waals surface area contributed by atoms with Crippen molar-refractivity contribution in [3.8, 4) is 0 Å². The highest BCUT2D eigenvalue weighted by molar-refractivity contribution is 6.30. The Balaban J connectivity index is 2.13. The molecule has 2 aromatic carbocycles. The highest BCUT2D eigenvalue weighted by atomic mass is 35.5. The van der Waals surface area contributed by atoms with E-state index in [2.05, 4.69) is 35.8 Å². The number of imidazole rings is 1. The molecule has 0 saturated heterocycles. The average Bonchev–Trinajstić information content (AvgIpc) is 2.77. The Morgan fingerprint density at radius 3 is 2.76 bits per heavy atom. The van der Waals surface area contributed by atoms with E-state index in [9.17, 15) is 0 Å². The third kappa shape index (κ3) is 2.80. The first-order valence-electron chi connectivity index (χ1n) is 7.01. The van der Waals surface area contributed by atoms with Gasteiger partial charge in [-0.25, -0.2) is 4.98 Å². The zero-order valence-corrected chi connectivity index (χ0v) is 12.9. The van der Waals surface area contributed by atoms with Crippen molar-refractivity contribution in [3.63, 3.8) is 0 Å². The zero-order valence-electron chi connectivity index (χ0n) is 12.2. The molecule has 0 aliphatic carbocycles. The summed E-state index contributed by atoms with van der Waals surface area (Å²) in [7, 11) is 0. The van der Waals surface area contributed by atoms with Gasteiger partial charge in [0.2, 0.25) is 0 Å². The number of fused-ring (bicyclic) bond motifs is 1. The van der Waals surface area contributed by atoms with Crippen molar-refractivity contribution in [1.82, 2.24) is 9.55 Å². The molecule has 0 fully saturated rings. The van der Waals surface area contributed by atoms with Crippen LogP contribution in [0.4, 0.5) is 0 Å². The molecule has 0 aliphatic rings. The van der Waals surface area contributed by atoms with Crippen LogP contribution in [-0.4, -0.2) is 9.55 Å². The molecule has 4 heteroatoms. The molecule has 1 aromatic heterocycles. The number of nitrogens with two attached hydrogens (primary N) is 1. The average molecular weight is 300 g/mol. The molecule has 3 rings (SSSR count). The van der Waals surface area contributed by atoms with E-state index in [4.69, 9.17) is 22.3 Å². The fourth-order valence-corrected chi connectivity index (χ4v) is 2.80. The highest BCUT2D eigenvalue weighted by Crippen LogP contribution is 2.23. The number of hydrogen-bond acceptors (Lipinski definition) is 2. The van der Waals surface area contributed by atoms with E-state index in [1.54, 1.807) is 0 Å². The molecule has 0 radical (unpaired) electrons. The van der Waals surface area contributed by atoms with E-state index in [1.807, 2.05) is 25.1 Å². The van der Waals surface area contributed by atoms with Crippen LogP contribution in [0.5, 0.6) is 0 Å². The zero-order chi connectivity index (χ0) is 15.0. The first-order valence-corrected chi connectivity index (χ1v) is 7.39. The second-order valence-electron chi connectivity index (χ2n) is 5.47. The van der Waals surface area contributed by atoms with Crippen LogP contribution in [0.2, 0.25) is 5.02 Å². The molecule has 1 unspecified atom stereocenters. The van der Waals surface area contributed by atoms with Crippen molar-refractivity contribution in [2.45, 2.75) is 26.4 Å². The molecular formula is C17H18ClN3. The van der Waals surface area contributed by atoms with Gasteiger partial charge in [-0.15, -0.1) is 0 Å². The summed E-state index contributed by atoms with van der Waals surface area (Å²) in [6.07, 6.45) is 0. The number of benzene rings is 2. The number of aryl methyl sites for hydroxylation is 1. The van der Waals surface area contributed by atoms with E-state index in [0.29, 0.717) is 0 Å². The van der Waals surface area contributed by atoms with Crippen molar-refractivity contribution in [1.29, 1.82) is 0 Å². The standard InChI is InChI=1S/C17H18ClN3/c1-11-6-7-16-15(8-11)20-17(12(2)19)21(16)10-13-4-3-5-14(18)9-13/h3-9,12H,10,19H2,1-2H3. The van der Waals surface area contributed by atoms with Crippen molar-refractivity contribution in [3.05, 3.63) is 64.4 Å². The van der Waals surface area contributed by atoms with Gasteiger partial charge in [-0.05, 0) is 49.2 Å². The van der Waals surface area contributed by atoms with Crippen LogP contribution in [0.3, 0.4) is 0 Å². The van der Waals surface area contributed by atoms with Crippen molar-refractivity contribution < 1.29 is 0 Å². The Hall–Kier alpha value is -1.84. The van der Waals surface area contributed by atoms with Crippen LogP contribution in [-0.2, 0) is 6.54 Å². The quantitative estimate of drug-likeness (QED) is 0.792. The Kier molecular flexibility index (Phi) is 3.70. The summed E-state index contributed by atoms with van der Waals surface area (Å²) in [5.74, 6) is 0.899. The summed E-state index contributed by atoms with van der Waals surface area (Å²) < 4.78 is 2.17. The van der Waals surface area contributed by atoms with Crippen molar-refractivity contribution in [2.24, 2.45) is 5.73 Å². The second kappa shape index (κ2) is 5.51. The Bertz CT molecular complexity index is 790. The monoisotopic (exact) mass is 299 g/mol. The lowest BCUT2D eigenvalue weighted by Crippen LogP contribution is -2.14. The van der Waals surface area contributed by atoms with Crippen LogP contribution in [0, 0.1) is 6.92 Å². The van der Waals surface area contributed by atoms with Crippen LogP contribution in [0.1, 0.15) is 29.9 Å². The molecule has 0 saturated carbocycles. The summed E-state index contributed by atoms with van der Waals surface area (Å²) in [6, 6.07) is 14.1. The van der Waals surface area contributed by atoms with E-state index in [0.717, 1.165) is 34.0 Å². The Morgan fingerprint density at radius 2 is 2.05 bits per heavy atom. The molecule has 0 bridgehead atoms. The molecule has 2 N–H and O–H groups in total. The molecule has 1 atom stereocenters. The van der Waals surface area contributed by atoms with Crippen LogP contribution >= 0.6 is 11.6 Å². The largest absolute Gasteiger partial charge is 0.322 e. The van der Waals surface area contributed by atoms with Gasteiger partial charge in [0.1, 0.15) is 5.82 Å². The summed E-state index contributed by atoms with van der Waals surface area (Å²) in [4.78, 5) is 4.70. The van der Waals surface area contributed by atoms with Gasteiger partial charge in [-0.3, -0.25) is 0 Å². The van der Waals surface area contributed by atoms with Gasteiger partial charge < -0.3 is 10.3 Å². The minimum atomic E-state index is -0.114. The minimum Gasteiger partial charge on any atom is -0.322 e. The molecule has 0 amide bonds. The van der Waals surface area contributed by atoms with Gasteiger partial charge >= 0.3 is 0 Å². The topological polar surface area (TPSA) is 43.8 Å². The number of hydrogen-bond donors (Lipinski definition) is 1. The molecule has 21 heavy (non-hydrogen) atoms. The lowest BCUT2D eigenvalue weighted by Gasteiger charge is -2.12. The van der Waals surface area contributed by atoms with Crippen LogP contribution in [0.15, 0.2) is 42.5 Å². The van der Waals surface area contributed by atoms with Gasteiger partial charge in [-0.1, -0.05) is 29.8 Å². The molecule has 3 nitrogen and oxygen atoms in total. The number of aromatic nitrogens is 2. The number of halogens is 1. The van der Waals surface area contributed by atoms with E-state index in [1.165, 1.54) is 5.56 Å². The summed E-state index contributed by atoms with van der Waals surface area (Å²) in [5.41, 5.74) is 10.5. The van der Waals surface area contributed by atoms with Crippen LogP contribution in [0.25, 0.3) is 11.0 Å². The predicted molar refractivity (Wildman–Crippen MR) is 87.6 cm³/mol. The first-order chi connectivity index (χ1) is 10.0. The maximum atomic E-state index is 6.09. The van der Waals surface area contributed by atoms with Gasteiger partial charge in [-0.2, -0.15) is 0 Å². The maximum Gasteiger partial charge on any atom is 0.126 e. The van der Waals surface area contributed by atoms with E-state index in [-0.39, 0.29) is 6.04 Å². The molecular weight excluding hydrogens is 282 g/mol. The second-order valence-corrected chi connectivity index (χ2v) is 5.90. The molecule has 1 heterocycles. The summed E-state index contributed by atoms with van der Waals surface area (Å²) >= 11 is 6.08. The molecule has 3 aromatic rings. The molecule has 0 aliphatic heterocycles. The van der Waals surface area contributed by atoms with E-state index < -0.39 is 0 Å². The molecule has 108 valence electrons. The smallest absolute Gasteiger partial charge is 0.126 e. The van der Waals surface area contributed by atoms with Gasteiger partial charge in [0, 0.05) is 11.6 Å². The highest BCUT2D eigenvalue weighted by Gasteiger charge is 2.14. The fourth-order valence-electron chi connectivity index (χ4n) is 2.59. The minimum absolute atomic E-state index is 0.114. The lowest BCUT2D eigenvalue weighted by atomic mass is 10.2. The van der Waals surface area contributed by atoms with Crippen molar-refractivity contribution in [2.75, 3.05) is 0 Å². The van der Waals surface area contributed by atoms with E-state index >= 15 is 0 Å². The normalized spacial score (nSPS) is 12.8. The lowest BCUT2D eigenvalue weighted by molar-refractivity contribution is 0.664. The number of rotatable bonds is 3. The first kappa shape index (κ1) is 14.1. The Morgan fingerprint density at radius 1 is 1.24 bits per heavy atom. The summed E-state index contributed by atoms with van der Waals surface area (Å²) in [5, 5.41) is 0.745. The predicted octanol–water partition coefficient (Wildman–Crippen LogP) is 4.07. The fraction of sp³-hybridized carbons (Fsp3) is 0.235. The van der Waals surface area contributed by atoms with Crippen molar-refractivity contribution >= 4 is 22.6 Å². The molecule has 0 spiro atoms.